The van der Waals surface area contributed by atoms with Crippen LogP contribution in [-0.4, -0.2) is 47.6 Å². The highest BCUT2D eigenvalue weighted by molar-refractivity contribution is 5.97. The Hall–Kier alpha value is -1.60. The number of rotatable bonds is 6. The Morgan fingerprint density at radius 3 is 3.06 bits per heavy atom. The Morgan fingerprint density at radius 1 is 1.81 bits per heavy atom. The van der Waals surface area contributed by atoms with E-state index in [1.807, 2.05) is 0 Å². The van der Waals surface area contributed by atoms with E-state index in [0.717, 1.165) is 0 Å². The maximum Gasteiger partial charge on any atom is 0.271 e. The topological polar surface area (TPSA) is 113 Å². The Labute approximate surface area is 93.0 Å². The summed E-state index contributed by atoms with van der Waals surface area (Å²) in [5.41, 5.74) is 6.04. The second-order valence-corrected chi connectivity index (χ2v) is 3.34. The van der Waals surface area contributed by atoms with Gasteiger partial charge in [0.2, 0.25) is 0 Å². The highest BCUT2D eigenvalue weighted by Gasteiger charge is 2.16. The number of nitrogen functional groups attached to an aromatic ring is 1. The minimum absolute atomic E-state index is 0.0211. The van der Waals surface area contributed by atoms with Gasteiger partial charge in [-0.15, -0.1) is 0 Å². The molecule has 0 aliphatic rings. The van der Waals surface area contributed by atoms with Crippen molar-refractivity contribution in [1.29, 1.82) is 0 Å². The van der Waals surface area contributed by atoms with Gasteiger partial charge in [0.05, 0.1) is 24.5 Å². The molecule has 0 aliphatic heterocycles. The number of carbonyl (C=O) groups excluding carboxylic acids is 1. The van der Waals surface area contributed by atoms with E-state index in [1.165, 1.54) is 13.3 Å². The van der Waals surface area contributed by atoms with Crippen molar-refractivity contribution in [2.24, 2.45) is 0 Å². The van der Waals surface area contributed by atoms with Crippen LogP contribution in [0.4, 0.5) is 5.69 Å². The zero-order valence-electron chi connectivity index (χ0n) is 9.06. The summed E-state index contributed by atoms with van der Waals surface area (Å²) in [6, 6.07) is -0.245. The first kappa shape index (κ1) is 12.5. The zero-order valence-corrected chi connectivity index (χ0v) is 9.06. The summed E-state index contributed by atoms with van der Waals surface area (Å²) in [7, 11) is 1.53. The molecule has 7 nitrogen and oxygen atoms in total. The summed E-state index contributed by atoms with van der Waals surface area (Å²) in [5, 5.41) is 17.7. The number of nitrogens with two attached hydrogens (primary N) is 1. The van der Waals surface area contributed by atoms with Gasteiger partial charge in [-0.05, 0) is 6.42 Å². The van der Waals surface area contributed by atoms with Gasteiger partial charge in [-0.3, -0.25) is 9.89 Å². The van der Waals surface area contributed by atoms with Crippen molar-refractivity contribution in [2.75, 3.05) is 26.1 Å². The molecule has 1 atom stereocenters. The third-order valence-corrected chi connectivity index (χ3v) is 2.08. The van der Waals surface area contributed by atoms with E-state index in [0.29, 0.717) is 13.0 Å². The minimum Gasteiger partial charge on any atom is -0.396 e. The van der Waals surface area contributed by atoms with E-state index in [2.05, 4.69) is 15.5 Å². The van der Waals surface area contributed by atoms with Crippen molar-refractivity contribution < 1.29 is 14.6 Å². The standard InChI is InChI=1S/C9H16N4O3/c1-16-5-6(2-3-14)12-9(15)8-7(10)4-11-13-8/h4,6,14H,2-3,5,10H2,1H3,(H,11,13)(H,12,15). The average Bonchev–Trinajstić information content (AvgIpc) is 2.65. The van der Waals surface area contributed by atoms with Crippen LogP contribution in [0.5, 0.6) is 0 Å². The number of H-pyrrole nitrogens is 1. The molecule has 0 saturated carbocycles. The zero-order chi connectivity index (χ0) is 12.0. The number of hydrogen-bond donors (Lipinski definition) is 4. The van der Waals surface area contributed by atoms with Gasteiger partial charge >= 0.3 is 0 Å². The molecule has 1 amide bonds. The molecule has 0 fully saturated rings. The molecular weight excluding hydrogens is 212 g/mol. The number of carbonyl (C=O) groups is 1. The molecule has 1 unspecified atom stereocenters. The van der Waals surface area contributed by atoms with Crippen molar-refractivity contribution in [3.8, 4) is 0 Å². The van der Waals surface area contributed by atoms with Crippen LogP contribution in [0.1, 0.15) is 16.9 Å². The maximum absolute atomic E-state index is 11.7. The van der Waals surface area contributed by atoms with Crippen molar-refractivity contribution in [3.05, 3.63) is 11.9 Å². The fourth-order valence-electron chi connectivity index (χ4n) is 1.29. The molecule has 16 heavy (non-hydrogen) atoms. The van der Waals surface area contributed by atoms with Crippen LogP contribution in [0.2, 0.25) is 0 Å². The number of ether oxygens (including phenoxy) is 1. The maximum atomic E-state index is 11.7. The molecule has 0 aromatic carbocycles. The van der Waals surface area contributed by atoms with Crippen LogP contribution < -0.4 is 11.1 Å². The number of aromatic nitrogens is 2. The van der Waals surface area contributed by atoms with E-state index >= 15 is 0 Å². The highest BCUT2D eigenvalue weighted by atomic mass is 16.5. The lowest BCUT2D eigenvalue weighted by atomic mass is 10.2. The number of hydrogen-bond acceptors (Lipinski definition) is 5. The largest absolute Gasteiger partial charge is 0.396 e. The Kier molecular flexibility index (Phi) is 4.74. The smallest absolute Gasteiger partial charge is 0.271 e. The lowest BCUT2D eigenvalue weighted by molar-refractivity contribution is 0.0874. The van der Waals surface area contributed by atoms with Gasteiger partial charge in [0.15, 0.2) is 0 Å². The summed E-state index contributed by atoms with van der Waals surface area (Å²) in [6.45, 7) is 0.313. The first-order chi connectivity index (χ1) is 7.69. The van der Waals surface area contributed by atoms with Crippen molar-refractivity contribution >= 4 is 11.6 Å². The molecule has 0 saturated heterocycles. The van der Waals surface area contributed by atoms with Crippen LogP contribution in [0, 0.1) is 0 Å². The summed E-state index contributed by atoms with van der Waals surface area (Å²) in [4.78, 5) is 11.7. The van der Waals surface area contributed by atoms with E-state index in [9.17, 15) is 4.79 Å². The molecule has 5 N–H and O–H groups in total. The Balaban J connectivity index is 2.58. The highest BCUT2D eigenvalue weighted by Crippen LogP contribution is 2.06. The average molecular weight is 228 g/mol. The van der Waals surface area contributed by atoms with Crippen LogP contribution in [0.25, 0.3) is 0 Å². The summed E-state index contributed by atoms with van der Waals surface area (Å²) in [6.07, 6.45) is 1.79. The minimum atomic E-state index is -0.356. The summed E-state index contributed by atoms with van der Waals surface area (Å²) < 4.78 is 4.92. The molecule has 1 aromatic heterocycles. The molecule has 0 bridgehead atoms. The number of aliphatic hydroxyl groups excluding tert-OH is 1. The molecule has 0 radical (unpaired) electrons. The third-order valence-electron chi connectivity index (χ3n) is 2.08. The van der Waals surface area contributed by atoms with E-state index in [4.69, 9.17) is 15.6 Å². The normalized spacial score (nSPS) is 12.4. The van der Waals surface area contributed by atoms with Crippen molar-refractivity contribution in [3.63, 3.8) is 0 Å². The number of aliphatic hydroxyl groups is 1. The van der Waals surface area contributed by atoms with Crippen molar-refractivity contribution in [2.45, 2.75) is 12.5 Å². The lowest BCUT2D eigenvalue weighted by Crippen LogP contribution is -2.39. The Morgan fingerprint density at radius 2 is 2.56 bits per heavy atom. The monoisotopic (exact) mass is 228 g/mol. The number of nitrogens with one attached hydrogen (secondary N) is 2. The predicted molar refractivity (Wildman–Crippen MR) is 57.8 cm³/mol. The van der Waals surface area contributed by atoms with Crippen LogP contribution >= 0.6 is 0 Å². The first-order valence-corrected chi connectivity index (χ1v) is 4.88. The number of nitrogens with zero attached hydrogens (tertiary/aromatic N) is 1. The molecular formula is C9H16N4O3. The van der Waals surface area contributed by atoms with Gasteiger partial charge in [-0.1, -0.05) is 0 Å². The first-order valence-electron chi connectivity index (χ1n) is 4.88. The molecule has 0 aliphatic carbocycles. The quantitative estimate of drug-likeness (QED) is 0.505. The van der Waals surface area contributed by atoms with Crippen molar-refractivity contribution in [1.82, 2.24) is 15.5 Å². The number of anilines is 1. The summed E-state index contributed by atoms with van der Waals surface area (Å²) in [5.74, 6) is -0.356. The molecule has 0 spiro atoms. The van der Waals surface area contributed by atoms with Crippen LogP contribution in [0.3, 0.4) is 0 Å². The van der Waals surface area contributed by atoms with Gasteiger partial charge in [0, 0.05) is 13.7 Å². The number of amides is 1. The predicted octanol–water partition coefficient (Wildman–Crippen LogP) is -0.881. The number of aromatic amines is 1. The molecule has 1 heterocycles. The second-order valence-electron chi connectivity index (χ2n) is 3.34. The van der Waals surface area contributed by atoms with Crippen LogP contribution in [-0.2, 0) is 4.74 Å². The lowest BCUT2D eigenvalue weighted by Gasteiger charge is -2.16. The molecule has 1 rings (SSSR count). The van der Waals surface area contributed by atoms with Crippen LogP contribution in [0.15, 0.2) is 6.20 Å². The van der Waals surface area contributed by atoms with Gasteiger partial charge in [-0.2, -0.15) is 5.10 Å². The second kappa shape index (κ2) is 6.09. The van der Waals surface area contributed by atoms with E-state index in [-0.39, 0.29) is 29.9 Å². The number of methoxy groups -OCH3 is 1. The molecule has 7 heteroatoms. The molecule has 90 valence electrons. The Bertz CT molecular complexity index is 333. The van der Waals surface area contributed by atoms with E-state index < -0.39 is 0 Å². The molecule has 1 aromatic rings. The van der Waals surface area contributed by atoms with Gasteiger partial charge < -0.3 is 20.9 Å². The fourth-order valence-corrected chi connectivity index (χ4v) is 1.29. The summed E-state index contributed by atoms with van der Waals surface area (Å²) >= 11 is 0. The SMILES string of the molecule is COCC(CCO)NC(=O)c1[nH]ncc1N. The van der Waals surface area contributed by atoms with E-state index in [1.54, 1.807) is 0 Å². The van der Waals surface area contributed by atoms with Gasteiger partial charge in [-0.25, -0.2) is 0 Å². The van der Waals surface area contributed by atoms with Gasteiger partial charge in [0.1, 0.15) is 5.69 Å². The third kappa shape index (κ3) is 3.21. The van der Waals surface area contributed by atoms with Gasteiger partial charge in [0.25, 0.3) is 5.91 Å². The fraction of sp³-hybridized carbons (Fsp3) is 0.556.